The van der Waals surface area contributed by atoms with Gasteiger partial charge in [-0.25, -0.2) is 0 Å². The molecule has 0 fully saturated rings. The first-order chi connectivity index (χ1) is 10.0. The molecule has 1 aliphatic heterocycles. The first-order valence-electron chi connectivity index (χ1n) is 6.82. The summed E-state index contributed by atoms with van der Waals surface area (Å²) in [6, 6.07) is 11.9. The Hall–Kier alpha value is -2.00. The number of carbonyl (C=O) groups excluding carboxylic acids is 1. The molecule has 1 aliphatic rings. The van der Waals surface area contributed by atoms with E-state index in [1.165, 1.54) is 5.56 Å². The number of alkyl halides is 1. The van der Waals surface area contributed by atoms with Crippen molar-refractivity contribution in [3.63, 3.8) is 0 Å². The summed E-state index contributed by atoms with van der Waals surface area (Å²) in [4.78, 5) is 11.4. The fraction of sp³-hybridized carbons (Fsp3) is 0.235. The lowest BCUT2D eigenvalue weighted by molar-refractivity contribution is -0.118. The van der Waals surface area contributed by atoms with E-state index in [0.29, 0.717) is 11.4 Å². The Balaban J connectivity index is 1.96. The highest BCUT2D eigenvalue weighted by atomic mass is 35.5. The molecule has 0 spiro atoms. The molecule has 0 saturated carbocycles. The minimum atomic E-state index is -0.255. The zero-order valence-corrected chi connectivity index (χ0v) is 12.7. The third-order valence-electron chi connectivity index (χ3n) is 3.63. The lowest BCUT2D eigenvalue weighted by Gasteiger charge is -2.20. The average Bonchev–Trinajstić information content (AvgIpc) is 2.46. The number of nitrogens with one attached hydrogen (secondary N) is 1. The van der Waals surface area contributed by atoms with Gasteiger partial charge in [0.05, 0.1) is 11.1 Å². The Morgan fingerprint density at radius 2 is 2.00 bits per heavy atom. The molecule has 2 aromatic carbocycles. The van der Waals surface area contributed by atoms with Crippen LogP contribution in [0.4, 0.5) is 5.69 Å². The lowest BCUT2D eigenvalue weighted by atomic mass is 9.98. The normalized spacial score (nSPS) is 14.9. The van der Waals surface area contributed by atoms with Gasteiger partial charge in [0.1, 0.15) is 5.75 Å². The van der Waals surface area contributed by atoms with E-state index in [2.05, 4.69) is 37.4 Å². The SMILES string of the molecule is Cc1ccc(C(Cl)c2ccc3c(c2)NC(=O)CO3)c(C)c1. The third-order valence-corrected chi connectivity index (χ3v) is 4.11. The van der Waals surface area contributed by atoms with Crippen LogP contribution in [0, 0.1) is 13.8 Å². The number of hydrogen-bond donors (Lipinski definition) is 1. The molecule has 0 saturated heterocycles. The van der Waals surface area contributed by atoms with Crippen LogP contribution in [0.15, 0.2) is 36.4 Å². The second-order valence-electron chi connectivity index (χ2n) is 5.32. The summed E-state index contributed by atoms with van der Waals surface area (Å²) in [6.07, 6.45) is 0. The van der Waals surface area contributed by atoms with Crippen LogP contribution in [-0.2, 0) is 4.79 Å². The van der Waals surface area contributed by atoms with Gasteiger partial charge in [-0.3, -0.25) is 4.79 Å². The molecule has 2 aromatic rings. The van der Waals surface area contributed by atoms with Crippen LogP contribution in [0.25, 0.3) is 0 Å². The van der Waals surface area contributed by atoms with Crippen LogP contribution in [0.3, 0.4) is 0 Å². The van der Waals surface area contributed by atoms with Gasteiger partial charge in [-0.2, -0.15) is 0 Å². The quantitative estimate of drug-likeness (QED) is 0.853. The molecule has 4 heteroatoms. The summed E-state index contributed by atoms with van der Waals surface area (Å²) in [6.45, 7) is 4.18. The maximum atomic E-state index is 11.4. The molecule has 0 aromatic heterocycles. The molecule has 1 amide bonds. The van der Waals surface area contributed by atoms with Crippen molar-refractivity contribution in [3.05, 3.63) is 58.7 Å². The van der Waals surface area contributed by atoms with Gasteiger partial charge in [0.2, 0.25) is 0 Å². The van der Waals surface area contributed by atoms with E-state index in [9.17, 15) is 4.79 Å². The minimum Gasteiger partial charge on any atom is -0.482 e. The smallest absolute Gasteiger partial charge is 0.262 e. The van der Waals surface area contributed by atoms with Crippen molar-refractivity contribution in [2.45, 2.75) is 19.2 Å². The van der Waals surface area contributed by atoms with Gasteiger partial charge in [0.25, 0.3) is 5.91 Å². The number of rotatable bonds is 2. The van der Waals surface area contributed by atoms with Gasteiger partial charge < -0.3 is 10.1 Å². The molecule has 0 radical (unpaired) electrons. The first kappa shape index (κ1) is 14.0. The van der Waals surface area contributed by atoms with Crippen LogP contribution < -0.4 is 10.1 Å². The topological polar surface area (TPSA) is 38.3 Å². The number of halogens is 1. The molecule has 3 nitrogen and oxygen atoms in total. The molecule has 3 rings (SSSR count). The number of hydrogen-bond acceptors (Lipinski definition) is 2. The number of ether oxygens (including phenoxy) is 1. The molecule has 1 atom stereocenters. The van der Waals surface area contributed by atoms with Crippen molar-refractivity contribution in [1.82, 2.24) is 0 Å². The van der Waals surface area contributed by atoms with E-state index in [0.717, 1.165) is 16.7 Å². The molecule has 1 heterocycles. The lowest BCUT2D eigenvalue weighted by Crippen LogP contribution is -2.25. The van der Waals surface area contributed by atoms with E-state index < -0.39 is 0 Å². The maximum Gasteiger partial charge on any atom is 0.262 e. The Kier molecular flexibility index (Phi) is 3.60. The van der Waals surface area contributed by atoms with Gasteiger partial charge in [-0.15, -0.1) is 11.6 Å². The zero-order chi connectivity index (χ0) is 15.0. The Morgan fingerprint density at radius 3 is 2.76 bits per heavy atom. The highest BCUT2D eigenvalue weighted by Gasteiger charge is 2.19. The number of fused-ring (bicyclic) bond motifs is 1. The van der Waals surface area contributed by atoms with Gasteiger partial charge in [-0.1, -0.05) is 29.8 Å². The molecule has 108 valence electrons. The van der Waals surface area contributed by atoms with E-state index in [-0.39, 0.29) is 17.9 Å². The predicted molar refractivity (Wildman–Crippen MR) is 84.2 cm³/mol. The van der Waals surface area contributed by atoms with Crippen molar-refractivity contribution in [2.75, 3.05) is 11.9 Å². The summed E-state index contributed by atoms with van der Waals surface area (Å²) in [7, 11) is 0. The summed E-state index contributed by atoms with van der Waals surface area (Å²) in [5.74, 6) is 0.542. The fourth-order valence-corrected chi connectivity index (χ4v) is 2.93. The average molecular weight is 302 g/mol. The molecule has 1 unspecified atom stereocenters. The maximum absolute atomic E-state index is 11.4. The molecule has 21 heavy (non-hydrogen) atoms. The van der Waals surface area contributed by atoms with Crippen molar-refractivity contribution in [1.29, 1.82) is 0 Å². The van der Waals surface area contributed by atoms with Crippen LogP contribution >= 0.6 is 11.6 Å². The third kappa shape index (κ3) is 2.74. The van der Waals surface area contributed by atoms with Crippen LogP contribution in [0.2, 0.25) is 0 Å². The largest absolute Gasteiger partial charge is 0.482 e. The number of carbonyl (C=O) groups is 1. The molecular formula is C17H16ClNO2. The zero-order valence-electron chi connectivity index (χ0n) is 11.9. The molecule has 0 bridgehead atoms. The monoisotopic (exact) mass is 301 g/mol. The van der Waals surface area contributed by atoms with Crippen molar-refractivity contribution < 1.29 is 9.53 Å². The van der Waals surface area contributed by atoms with Gasteiger partial charge in [0, 0.05) is 0 Å². The van der Waals surface area contributed by atoms with E-state index in [1.807, 2.05) is 18.2 Å². The summed E-state index contributed by atoms with van der Waals surface area (Å²) in [5, 5.41) is 2.55. The number of amides is 1. The van der Waals surface area contributed by atoms with Crippen molar-refractivity contribution in [2.24, 2.45) is 0 Å². The van der Waals surface area contributed by atoms with Crippen molar-refractivity contribution >= 4 is 23.2 Å². The van der Waals surface area contributed by atoms with E-state index in [1.54, 1.807) is 0 Å². The minimum absolute atomic E-state index is 0.0632. The molecule has 1 N–H and O–H groups in total. The van der Waals surface area contributed by atoms with E-state index in [4.69, 9.17) is 16.3 Å². The summed E-state index contributed by atoms with van der Waals surface area (Å²) < 4.78 is 5.36. The predicted octanol–water partition coefficient (Wildman–Crippen LogP) is 3.96. The Morgan fingerprint density at radius 1 is 1.19 bits per heavy atom. The van der Waals surface area contributed by atoms with Gasteiger partial charge in [-0.05, 0) is 42.7 Å². The number of benzene rings is 2. The second kappa shape index (κ2) is 5.41. The highest BCUT2D eigenvalue weighted by Crippen LogP contribution is 2.36. The van der Waals surface area contributed by atoms with Crippen molar-refractivity contribution in [3.8, 4) is 5.75 Å². The van der Waals surface area contributed by atoms with Crippen LogP contribution in [-0.4, -0.2) is 12.5 Å². The van der Waals surface area contributed by atoms with Crippen LogP contribution in [0.1, 0.15) is 27.6 Å². The Bertz CT molecular complexity index is 712. The number of aryl methyl sites for hydroxylation is 2. The molecule has 0 aliphatic carbocycles. The summed E-state index contributed by atoms with van der Waals surface area (Å²) in [5.41, 5.74) is 5.07. The summed E-state index contributed by atoms with van der Waals surface area (Å²) >= 11 is 6.61. The molecular weight excluding hydrogens is 286 g/mol. The fourth-order valence-electron chi connectivity index (χ4n) is 2.55. The van der Waals surface area contributed by atoms with Crippen LogP contribution in [0.5, 0.6) is 5.75 Å². The standard InChI is InChI=1S/C17H16ClNO2/c1-10-3-5-13(11(2)7-10)17(18)12-4-6-15-14(8-12)19-16(20)9-21-15/h3-8,17H,9H2,1-2H3,(H,19,20). The first-order valence-corrected chi connectivity index (χ1v) is 7.26. The Labute approximate surface area is 128 Å². The second-order valence-corrected chi connectivity index (χ2v) is 5.75. The highest BCUT2D eigenvalue weighted by molar-refractivity contribution is 6.22. The van der Waals surface area contributed by atoms with E-state index >= 15 is 0 Å². The number of anilines is 1. The van der Waals surface area contributed by atoms with Gasteiger partial charge >= 0.3 is 0 Å². The van der Waals surface area contributed by atoms with Gasteiger partial charge in [0.15, 0.2) is 6.61 Å².